The molecule has 3 aromatic carbocycles. The molecule has 3 aromatic rings. The van der Waals surface area contributed by atoms with E-state index >= 15 is 0 Å². The highest BCUT2D eigenvalue weighted by molar-refractivity contribution is 6.05. The fourth-order valence-electron chi connectivity index (χ4n) is 3.32. The lowest BCUT2D eigenvalue weighted by molar-refractivity contribution is -0.121. The van der Waals surface area contributed by atoms with Gasteiger partial charge >= 0.3 is 5.97 Å². The first kappa shape index (κ1) is 20.2. The first-order valence-electron chi connectivity index (χ1n) is 9.66. The van der Waals surface area contributed by atoms with Crippen LogP contribution in [0.25, 0.3) is 0 Å². The van der Waals surface area contributed by atoms with Crippen LogP contribution in [0.3, 0.4) is 0 Å². The first-order chi connectivity index (χ1) is 15.0. The third-order valence-electron chi connectivity index (χ3n) is 4.91. The molecule has 156 valence electrons. The molecule has 0 saturated carbocycles. The van der Waals surface area contributed by atoms with Crippen LogP contribution in [0.15, 0.2) is 72.8 Å². The molecule has 0 spiro atoms. The number of hydrogen-bond acceptors (Lipinski definition) is 5. The minimum absolute atomic E-state index is 0.00212. The summed E-state index contributed by atoms with van der Waals surface area (Å²) in [6.07, 6.45) is 0. The molecule has 0 unspecified atom stereocenters. The Hall–Kier alpha value is -4.13. The van der Waals surface area contributed by atoms with E-state index < -0.39 is 5.97 Å². The highest BCUT2D eigenvalue weighted by atomic mass is 16.5. The summed E-state index contributed by atoms with van der Waals surface area (Å²) in [5.41, 5.74) is 2.92. The molecule has 0 bridgehead atoms. The number of nitrogens with one attached hydrogen (secondary N) is 1. The van der Waals surface area contributed by atoms with Crippen molar-refractivity contribution in [3.63, 3.8) is 0 Å². The van der Waals surface area contributed by atoms with Gasteiger partial charge in [0.25, 0.3) is 11.8 Å². The molecule has 4 rings (SSSR count). The predicted molar refractivity (Wildman–Crippen MR) is 115 cm³/mol. The molecule has 1 aliphatic rings. The van der Waals surface area contributed by atoms with Crippen LogP contribution in [-0.2, 0) is 16.1 Å². The molecule has 0 fully saturated rings. The van der Waals surface area contributed by atoms with Gasteiger partial charge in [0.1, 0.15) is 5.75 Å². The summed E-state index contributed by atoms with van der Waals surface area (Å²) < 4.78 is 10.2. The van der Waals surface area contributed by atoms with E-state index in [1.165, 1.54) is 7.11 Å². The molecule has 1 N–H and O–H groups in total. The molecule has 1 heterocycles. The highest BCUT2D eigenvalue weighted by Gasteiger charge is 2.25. The van der Waals surface area contributed by atoms with Crippen LogP contribution in [0.5, 0.6) is 5.75 Å². The Morgan fingerprint density at radius 1 is 1.00 bits per heavy atom. The number of hydrogen-bond donors (Lipinski definition) is 1. The average molecular weight is 416 g/mol. The number of ether oxygens (including phenoxy) is 2. The lowest BCUT2D eigenvalue weighted by atomic mass is 10.1. The molecule has 0 aromatic heterocycles. The average Bonchev–Trinajstić information content (AvgIpc) is 2.81. The highest BCUT2D eigenvalue weighted by Crippen LogP contribution is 2.32. The van der Waals surface area contributed by atoms with E-state index in [-0.39, 0.29) is 18.4 Å². The van der Waals surface area contributed by atoms with Crippen LogP contribution in [0.4, 0.5) is 11.4 Å². The number of rotatable bonds is 5. The molecule has 0 aliphatic carbocycles. The van der Waals surface area contributed by atoms with Crippen LogP contribution in [-0.4, -0.2) is 31.5 Å². The van der Waals surface area contributed by atoms with Gasteiger partial charge in [-0.2, -0.15) is 0 Å². The van der Waals surface area contributed by atoms with Crippen molar-refractivity contribution in [2.75, 3.05) is 23.9 Å². The van der Waals surface area contributed by atoms with E-state index in [0.717, 1.165) is 11.3 Å². The Bertz CT molecular complexity index is 1140. The number of anilines is 2. The number of benzene rings is 3. The Morgan fingerprint density at radius 2 is 1.77 bits per heavy atom. The van der Waals surface area contributed by atoms with Crippen LogP contribution in [0.1, 0.15) is 26.3 Å². The van der Waals surface area contributed by atoms with Gasteiger partial charge in [0.15, 0.2) is 6.61 Å². The molecular formula is C24H20N2O5. The fourth-order valence-corrected chi connectivity index (χ4v) is 3.32. The van der Waals surface area contributed by atoms with Crippen molar-refractivity contribution in [2.24, 2.45) is 0 Å². The van der Waals surface area contributed by atoms with E-state index in [4.69, 9.17) is 9.47 Å². The number of amides is 2. The van der Waals surface area contributed by atoms with Crippen LogP contribution in [0, 0.1) is 0 Å². The van der Waals surface area contributed by atoms with Crippen LogP contribution in [0.2, 0.25) is 0 Å². The summed E-state index contributed by atoms with van der Waals surface area (Å²) in [5.74, 6) is -0.223. The van der Waals surface area contributed by atoms with E-state index in [1.807, 2.05) is 36.4 Å². The van der Waals surface area contributed by atoms with Crippen molar-refractivity contribution in [3.05, 3.63) is 89.5 Å². The number of fused-ring (bicyclic) bond motifs is 1. The maximum Gasteiger partial charge on any atom is 0.337 e. The Balaban J connectivity index is 1.46. The monoisotopic (exact) mass is 416 g/mol. The van der Waals surface area contributed by atoms with Crippen molar-refractivity contribution < 1.29 is 23.9 Å². The Kier molecular flexibility index (Phi) is 5.66. The molecule has 2 amide bonds. The van der Waals surface area contributed by atoms with Gasteiger partial charge in [-0.05, 0) is 48.0 Å². The molecule has 0 radical (unpaired) electrons. The third kappa shape index (κ3) is 4.40. The summed E-state index contributed by atoms with van der Waals surface area (Å²) in [4.78, 5) is 38.2. The summed E-state index contributed by atoms with van der Waals surface area (Å²) in [6.45, 7) is 0.379. The molecule has 31 heavy (non-hydrogen) atoms. The quantitative estimate of drug-likeness (QED) is 0.642. The molecule has 0 saturated heterocycles. The first-order valence-corrected chi connectivity index (χ1v) is 9.66. The smallest absolute Gasteiger partial charge is 0.337 e. The lowest BCUT2D eigenvalue weighted by Crippen LogP contribution is -2.38. The molecule has 0 atom stereocenters. The maximum absolute atomic E-state index is 12.6. The van der Waals surface area contributed by atoms with Crippen LogP contribution < -0.4 is 15.0 Å². The van der Waals surface area contributed by atoms with Crippen LogP contribution >= 0.6 is 0 Å². The standard InChI is InChI=1S/C24H20N2O5/c1-30-24(29)18-5-4-6-19(13-18)25-23(28)17-11-9-16(10-12-17)14-26-20-7-2-3-8-21(20)31-15-22(26)27/h2-13H,14-15H2,1H3,(H,25,28). The largest absolute Gasteiger partial charge is 0.482 e. The normalized spacial score (nSPS) is 12.5. The molecule has 7 nitrogen and oxygen atoms in total. The second-order valence-corrected chi connectivity index (χ2v) is 6.96. The summed E-state index contributed by atoms with van der Waals surface area (Å²) in [6, 6.07) is 20.9. The van der Waals surface area contributed by atoms with Gasteiger partial charge in [0.2, 0.25) is 0 Å². The van der Waals surface area contributed by atoms with E-state index in [2.05, 4.69) is 5.32 Å². The second-order valence-electron chi connectivity index (χ2n) is 6.96. The van der Waals surface area contributed by atoms with Gasteiger partial charge in [-0.3, -0.25) is 9.59 Å². The minimum Gasteiger partial charge on any atom is -0.482 e. The van der Waals surface area contributed by atoms with Gasteiger partial charge in [0, 0.05) is 11.3 Å². The zero-order chi connectivity index (χ0) is 21.8. The fraction of sp³-hybridized carbons (Fsp3) is 0.125. The second kappa shape index (κ2) is 8.71. The molecule has 7 heteroatoms. The van der Waals surface area contributed by atoms with Crippen molar-refractivity contribution in [1.29, 1.82) is 0 Å². The van der Waals surface area contributed by atoms with Gasteiger partial charge in [-0.15, -0.1) is 0 Å². The number of esters is 1. The summed E-state index contributed by atoms with van der Waals surface area (Å²) in [5, 5.41) is 2.77. The van der Waals surface area contributed by atoms with E-state index in [0.29, 0.717) is 29.1 Å². The van der Waals surface area contributed by atoms with Crippen molar-refractivity contribution >= 4 is 29.2 Å². The Morgan fingerprint density at radius 3 is 2.55 bits per heavy atom. The number of para-hydroxylation sites is 2. The third-order valence-corrected chi connectivity index (χ3v) is 4.91. The number of methoxy groups -OCH3 is 1. The van der Waals surface area contributed by atoms with E-state index in [9.17, 15) is 14.4 Å². The van der Waals surface area contributed by atoms with Crippen molar-refractivity contribution in [1.82, 2.24) is 0 Å². The number of carbonyl (C=O) groups excluding carboxylic acids is 3. The van der Waals surface area contributed by atoms with E-state index in [1.54, 1.807) is 41.3 Å². The SMILES string of the molecule is COC(=O)c1cccc(NC(=O)c2ccc(CN3C(=O)COc4ccccc43)cc2)c1. The summed E-state index contributed by atoms with van der Waals surface area (Å²) in [7, 11) is 1.30. The predicted octanol–water partition coefficient (Wildman–Crippen LogP) is 3.65. The molecular weight excluding hydrogens is 396 g/mol. The summed E-state index contributed by atoms with van der Waals surface area (Å²) >= 11 is 0. The zero-order valence-corrected chi connectivity index (χ0v) is 16.8. The van der Waals surface area contributed by atoms with Gasteiger partial charge < -0.3 is 19.7 Å². The lowest BCUT2D eigenvalue weighted by Gasteiger charge is -2.29. The zero-order valence-electron chi connectivity index (χ0n) is 16.8. The minimum atomic E-state index is -0.473. The number of carbonyl (C=O) groups is 3. The van der Waals surface area contributed by atoms with Crippen molar-refractivity contribution in [2.45, 2.75) is 6.54 Å². The van der Waals surface area contributed by atoms with Gasteiger partial charge in [-0.25, -0.2) is 4.79 Å². The molecule has 1 aliphatic heterocycles. The topological polar surface area (TPSA) is 84.9 Å². The Labute approximate surface area is 179 Å². The number of nitrogens with zero attached hydrogens (tertiary/aromatic N) is 1. The maximum atomic E-state index is 12.6. The van der Waals surface area contributed by atoms with Gasteiger partial charge in [0.05, 0.1) is 24.9 Å². The van der Waals surface area contributed by atoms with Gasteiger partial charge in [-0.1, -0.05) is 30.3 Å². The van der Waals surface area contributed by atoms with Crippen molar-refractivity contribution in [3.8, 4) is 5.75 Å².